The van der Waals surface area contributed by atoms with E-state index >= 15 is 0 Å². The highest BCUT2D eigenvalue weighted by Gasteiger charge is 2.39. The van der Waals surface area contributed by atoms with E-state index in [0.717, 1.165) is 43.7 Å². The van der Waals surface area contributed by atoms with E-state index in [1.54, 1.807) is 0 Å². The summed E-state index contributed by atoms with van der Waals surface area (Å²) in [5, 5.41) is 7.00. The maximum Gasteiger partial charge on any atom is 0.379 e. The minimum Gasteiger partial charge on any atom is -0.380 e. The zero-order valence-corrected chi connectivity index (χ0v) is 19.5. The zero-order chi connectivity index (χ0) is 24.0. The molecular weight excluding hydrogens is 429 g/mol. The number of fused-ring (bicyclic) bond motifs is 1. The van der Waals surface area contributed by atoms with E-state index in [1.807, 2.05) is 24.2 Å². The lowest BCUT2D eigenvalue weighted by Gasteiger charge is -2.30. The number of pyridine rings is 1. The first-order chi connectivity index (χ1) is 15.7. The number of piperidine rings is 1. The third kappa shape index (κ3) is 6.47. The lowest BCUT2D eigenvalue weighted by molar-refractivity contribution is -0.135. The number of amides is 1. The molecule has 2 atom stereocenters. The van der Waals surface area contributed by atoms with Crippen molar-refractivity contribution in [3.05, 3.63) is 59.4 Å². The van der Waals surface area contributed by atoms with E-state index in [4.69, 9.17) is 0 Å². The molecule has 5 nitrogen and oxygen atoms in total. The molecule has 2 N–H and O–H groups in total. The number of aromatic nitrogens is 1. The van der Waals surface area contributed by atoms with Gasteiger partial charge in [0.25, 0.3) is 0 Å². The van der Waals surface area contributed by atoms with Crippen molar-refractivity contribution in [2.45, 2.75) is 57.8 Å². The summed E-state index contributed by atoms with van der Waals surface area (Å²) in [6.45, 7) is 3.30. The topological polar surface area (TPSA) is 57.3 Å². The van der Waals surface area contributed by atoms with Crippen molar-refractivity contribution in [3.8, 4) is 0 Å². The van der Waals surface area contributed by atoms with Crippen molar-refractivity contribution in [2.24, 2.45) is 5.92 Å². The molecule has 1 amide bonds. The Kier molecular flexibility index (Phi) is 8.35. The van der Waals surface area contributed by atoms with Crippen molar-refractivity contribution in [1.82, 2.24) is 15.2 Å². The summed E-state index contributed by atoms with van der Waals surface area (Å²) >= 11 is 0. The van der Waals surface area contributed by atoms with Gasteiger partial charge in [0.05, 0.1) is 30.0 Å². The summed E-state index contributed by atoms with van der Waals surface area (Å²) in [7, 11) is 1.88. The molecule has 2 aromatic rings. The molecule has 1 aliphatic carbocycles. The zero-order valence-electron chi connectivity index (χ0n) is 19.5. The third-order valence-electron chi connectivity index (χ3n) is 6.59. The number of hydrogen-bond donors (Lipinski definition) is 2. The number of benzene rings is 1. The fourth-order valence-electron chi connectivity index (χ4n) is 4.72. The van der Waals surface area contributed by atoms with Crippen LogP contribution in [0.4, 0.5) is 18.9 Å². The Hall–Kier alpha value is -2.61. The van der Waals surface area contributed by atoms with Gasteiger partial charge in [-0.3, -0.25) is 9.78 Å². The lowest BCUT2D eigenvalue weighted by atomic mass is 9.83. The molecule has 0 bridgehead atoms. The maximum absolute atomic E-state index is 12.6. The number of halogens is 3. The van der Waals surface area contributed by atoms with Gasteiger partial charge in [-0.2, -0.15) is 13.2 Å². The second kappa shape index (κ2) is 11.0. The Morgan fingerprint density at radius 3 is 2.58 bits per heavy atom. The molecule has 4 rings (SSSR count). The van der Waals surface area contributed by atoms with Crippen LogP contribution in [-0.4, -0.2) is 48.6 Å². The number of rotatable bonds is 5. The van der Waals surface area contributed by atoms with Gasteiger partial charge in [-0.25, -0.2) is 0 Å². The molecule has 0 spiro atoms. The molecule has 1 aromatic heterocycles. The summed E-state index contributed by atoms with van der Waals surface area (Å²) < 4.78 is 29.0. The van der Waals surface area contributed by atoms with Gasteiger partial charge < -0.3 is 15.5 Å². The van der Waals surface area contributed by atoms with Gasteiger partial charge in [0.1, 0.15) is 0 Å². The van der Waals surface area contributed by atoms with Gasteiger partial charge in [-0.1, -0.05) is 38.1 Å². The Morgan fingerprint density at radius 2 is 1.97 bits per heavy atom. The van der Waals surface area contributed by atoms with Crippen LogP contribution in [0.15, 0.2) is 42.6 Å². The monoisotopic (exact) mass is 462 g/mol. The Morgan fingerprint density at radius 1 is 1.24 bits per heavy atom. The molecule has 0 radical (unpaired) electrons. The van der Waals surface area contributed by atoms with Crippen LogP contribution in [0.1, 0.15) is 43.5 Å². The van der Waals surface area contributed by atoms with Crippen LogP contribution < -0.4 is 10.6 Å². The quantitative estimate of drug-likeness (QED) is 0.686. The van der Waals surface area contributed by atoms with Crippen molar-refractivity contribution in [3.63, 3.8) is 0 Å². The predicted octanol–water partition coefficient (Wildman–Crippen LogP) is 4.53. The number of carbonyl (C=O) groups is 1. The molecule has 1 fully saturated rings. The van der Waals surface area contributed by atoms with Crippen LogP contribution in [0.3, 0.4) is 0 Å². The van der Waals surface area contributed by atoms with Crippen LogP contribution in [-0.2, 0) is 23.2 Å². The normalized spacial score (nSPS) is 21.1. The van der Waals surface area contributed by atoms with Crippen LogP contribution >= 0.6 is 0 Å². The average Bonchev–Trinajstić information content (AvgIpc) is 3.04. The van der Waals surface area contributed by atoms with Crippen molar-refractivity contribution in [1.29, 1.82) is 0 Å². The minimum absolute atomic E-state index is 0.0793. The summed E-state index contributed by atoms with van der Waals surface area (Å²) in [6, 6.07) is 13.2. The molecule has 2 aliphatic rings. The van der Waals surface area contributed by atoms with E-state index in [1.165, 1.54) is 11.1 Å². The highest BCUT2D eigenvalue weighted by molar-refractivity contribution is 5.78. The molecule has 180 valence electrons. The Labute approximate surface area is 193 Å². The van der Waals surface area contributed by atoms with E-state index in [0.29, 0.717) is 12.6 Å². The third-order valence-corrected chi connectivity index (χ3v) is 6.59. The van der Waals surface area contributed by atoms with E-state index < -0.39 is 6.68 Å². The van der Waals surface area contributed by atoms with Gasteiger partial charge in [-0.05, 0) is 49.1 Å². The Bertz CT molecular complexity index is 911. The highest BCUT2D eigenvalue weighted by atomic mass is 19.4. The fourth-order valence-corrected chi connectivity index (χ4v) is 4.72. The van der Waals surface area contributed by atoms with Gasteiger partial charge in [0, 0.05) is 25.0 Å². The summed E-state index contributed by atoms with van der Waals surface area (Å²) in [6.07, 6.45) is 4.97. The molecule has 2 unspecified atom stereocenters. The highest BCUT2D eigenvalue weighted by Crippen LogP contribution is 2.39. The number of anilines is 1. The predicted molar refractivity (Wildman–Crippen MR) is 124 cm³/mol. The van der Waals surface area contributed by atoms with Gasteiger partial charge >= 0.3 is 6.68 Å². The van der Waals surface area contributed by atoms with Crippen LogP contribution in [0.25, 0.3) is 0 Å². The first kappa shape index (κ1) is 25.0. The number of alkyl halides is 3. The molecule has 1 saturated heterocycles. The molecule has 1 aromatic carbocycles. The van der Waals surface area contributed by atoms with Crippen molar-refractivity contribution < 1.29 is 18.0 Å². The van der Waals surface area contributed by atoms with Crippen molar-refractivity contribution >= 4 is 11.6 Å². The molecular formula is C25H33F3N4O. The van der Waals surface area contributed by atoms with Crippen LogP contribution in [0.5, 0.6) is 0 Å². The molecule has 8 heteroatoms. The van der Waals surface area contributed by atoms with E-state index in [2.05, 4.69) is 59.8 Å². The van der Waals surface area contributed by atoms with Crippen molar-refractivity contribution in [2.75, 3.05) is 25.5 Å². The SMILES string of the molecule is CN(Cc1ccc(NC2Cc3ccccc3C2(C)C)cn1)C(=O)C1CCCNC1.FC(F)F. The first-order valence-corrected chi connectivity index (χ1v) is 11.4. The van der Waals surface area contributed by atoms with E-state index in [9.17, 15) is 18.0 Å². The van der Waals surface area contributed by atoms with E-state index in [-0.39, 0.29) is 17.2 Å². The smallest absolute Gasteiger partial charge is 0.379 e. The van der Waals surface area contributed by atoms with Crippen LogP contribution in [0, 0.1) is 5.92 Å². The second-order valence-electron chi connectivity index (χ2n) is 9.30. The maximum atomic E-state index is 12.6. The Balaban J connectivity index is 0.000000709. The first-order valence-electron chi connectivity index (χ1n) is 11.4. The number of nitrogens with zero attached hydrogens (tertiary/aromatic N) is 2. The lowest BCUT2D eigenvalue weighted by Crippen LogP contribution is -2.41. The van der Waals surface area contributed by atoms with Crippen LogP contribution in [0.2, 0.25) is 0 Å². The van der Waals surface area contributed by atoms with Gasteiger partial charge in [0.2, 0.25) is 5.91 Å². The standard InChI is InChI=1S/C24H32N4O.CHF3/c1-24(2)21-9-5-4-7-17(21)13-22(24)27-19-10-11-20(26-15-19)16-28(3)23(29)18-8-6-12-25-14-18;2-1(3)4/h4-5,7,9-11,15,18,22,25,27H,6,8,12-14,16H2,1-3H3;1H. The summed E-state index contributed by atoms with van der Waals surface area (Å²) in [4.78, 5) is 19.0. The molecule has 0 saturated carbocycles. The molecule has 1 aliphatic heterocycles. The summed E-state index contributed by atoms with van der Waals surface area (Å²) in [5.74, 6) is 0.313. The molecule has 2 heterocycles. The van der Waals surface area contributed by atoms with Gasteiger partial charge in [-0.15, -0.1) is 0 Å². The fraction of sp³-hybridized carbons (Fsp3) is 0.520. The average molecular weight is 463 g/mol. The summed E-state index contributed by atoms with van der Waals surface area (Å²) in [5.41, 5.74) is 4.89. The molecule has 33 heavy (non-hydrogen) atoms. The minimum atomic E-state index is -3.67. The van der Waals surface area contributed by atoms with Gasteiger partial charge in [0.15, 0.2) is 0 Å². The number of nitrogens with one attached hydrogen (secondary N) is 2. The largest absolute Gasteiger partial charge is 0.380 e. The second-order valence-corrected chi connectivity index (χ2v) is 9.30. The number of carbonyl (C=O) groups excluding carboxylic acids is 1. The number of hydrogen-bond acceptors (Lipinski definition) is 4.